The largest absolute Gasteiger partial charge is 0.383 e. The molecule has 3 rings (SSSR count). The number of amides is 1. The van der Waals surface area contributed by atoms with Crippen molar-refractivity contribution in [3.8, 4) is 0 Å². The summed E-state index contributed by atoms with van der Waals surface area (Å²) in [6.45, 7) is 8.57. The highest BCUT2D eigenvalue weighted by atomic mass is 16.5. The van der Waals surface area contributed by atoms with Gasteiger partial charge in [-0.05, 0) is 52.2 Å². The quantitative estimate of drug-likeness (QED) is 0.723. The van der Waals surface area contributed by atoms with Crippen LogP contribution in [-0.4, -0.2) is 78.0 Å². The monoisotopic (exact) mass is 377 g/mol. The number of likely N-dealkylation sites (tertiary alicyclic amines) is 2. The summed E-state index contributed by atoms with van der Waals surface area (Å²) < 4.78 is 6.93. The number of nitrogens with one attached hydrogen (secondary N) is 1. The molecule has 3 heterocycles. The molecule has 7 heteroatoms. The first-order valence-electron chi connectivity index (χ1n) is 10.3. The van der Waals surface area contributed by atoms with Gasteiger partial charge < -0.3 is 10.1 Å². The molecule has 0 radical (unpaired) electrons. The summed E-state index contributed by atoms with van der Waals surface area (Å²) in [5.41, 5.74) is 2.47. The lowest BCUT2D eigenvalue weighted by Crippen LogP contribution is -2.50. The van der Waals surface area contributed by atoms with Crippen LogP contribution in [0.1, 0.15) is 36.9 Å². The molecule has 1 amide bonds. The Morgan fingerprint density at radius 1 is 1.30 bits per heavy atom. The third kappa shape index (κ3) is 5.53. The van der Waals surface area contributed by atoms with Crippen LogP contribution in [0.2, 0.25) is 0 Å². The first-order chi connectivity index (χ1) is 13.1. The van der Waals surface area contributed by atoms with Crippen LogP contribution in [0.4, 0.5) is 0 Å². The minimum Gasteiger partial charge on any atom is -0.383 e. The zero-order chi connectivity index (χ0) is 19.2. The van der Waals surface area contributed by atoms with Crippen LogP contribution in [0.3, 0.4) is 0 Å². The molecule has 1 aromatic heterocycles. The summed E-state index contributed by atoms with van der Waals surface area (Å²) in [5.74, 6) is 0.327. The van der Waals surface area contributed by atoms with Crippen molar-refractivity contribution < 1.29 is 9.53 Å². The third-order valence-electron chi connectivity index (χ3n) is 6.01. The molecule has 152 valence electrons. The van der Waals surface area contributed by atoms with Gasteiger partial charge in [-0.3, -0.25) is 19.3 Å². The third-order valence-corrected chi connectivity index (χ3v) is 6.01. The number of carbonyl (C=O) groups excluding carboxylic acids is 1. The molecule has 0 spiro atoms. The molecule has 0 saturated carbocycles. The van der Waals surface area contributed by atoms with Crippen molar-refractivity contribution in [1.82, 2.24) is 24.9 Å². The summed E-state index contributed by atoms with van der Waals surface area (Å²) in [6.07, 6.45) is 6.65. The Kier molecular flexibility index (Phi) is 7.26. The molecule has 1 N–H and O–H groups in total. The molecule has 0 bridgehead atoms. The van der Waals surface area contributed by atoms with Crippen molar-refractivity contribution in [2.75, 3.05) is 46.4 Å². The summed E-state index contributed by atoms with van der Waals surface area (Å²) in [6, 6.07) is 0.617. The zero-order valence-electron chi connectivity index (χ0n) is 17.1. The fraction of sp³-hybridized carbons (Fsp3) is 0.800. The van der Waals surface area contributed by atoms with E-state index in [2.05, 4.69) is 33.3 Å². The van der Waals surface area contributed by atoms with E-state index < -0.39 is 0 Å². The van der Waals surface area contributed by atoms with E-state index in [1.165, 1.54) is 18.4 Å². The Morgan fingerprint density at radius 2 is 2.07 bits per heavy atom. The van der Waals surface area contributed by atoms with Crippen LogP contribution >= 0.6 is 0 Å². The summed E-state index contributed by atoms with van der Waals surface area (Å²) >= 11 is 0. The average molecular weight is 378 g/mol. The fourth-order valence-electron chi connectivity index (χ4n) is 4.46. The van der Waals surface area contributed by atoms with Crippen LogP contribution in [0.25, 0.3) is 0 Å². The van der Waals surface area contributed by atoms with Crippen LogP contribution in [0, 0.1) is 12.8 Å². The fourth-order valence-corrected chi connectivity index (χ4v) is 4.46. The molecule has 2 fully saturated rings. The Bertz CT molecular complexity index is 610. The molecule has 2 aliphatic heterocycles. The highest BCUT2D eigenvalue weighted by Crippen LogP contribution is 2.25. The molecule has 7 nitrogen and oxygen atoms in total. The molecule has 0 unspecified atom stereocenters. The molecule has 2 saturated heterocycles. The number of ether oxygens (including phenoxy) is 1. The van der Waals surface area contributed by atoms with E-state index in [9.17, 15) is 4.79 Å². The second kappa shape index (κ2) is 9.66. The maximum Gasteiger partial charge on any atom is 0.224 e. The number of methoxy groups -OCH3 is 1. The topological polar surface area (TPSA) is 62.6 Å². The Balaban J connectivity index is 1.44. The van der Waals surface area contributed by atoms with E-state index in [1.807, 2.05) is 11.7 Å². The van der Waals surface area contributed by atoms with Crippen molar-refractivity contribution in [2.24, 2.45) is 13.0 Å². The van der Waals surface area contributed by atoms with Gasteiger partial charge in [-0.25, -0.2) is 0 Å². The smallest absolute Gasteiger partial charge is 0.224 e. The number of carbonyl (C=O) groups is 1. The van der Waals surface area contributed by atoms with Crippen LogP contribution in [0.5, 0.6) is 0 Å². The summed E-state index contributed by atoms with van der Waals surface area (Å²) in [4.78, 5) is 17.5. The van der Waals surface area contributed by atoms with Gasteiger partial charge in [0.15, 0.2) is 0 Å². The second-order valence-corrected chi connectivity index (χ2v) is 8.04. The van der Waals surface area contributed by atoms with Gasteiger partial charge in [-0.2, -0.15) is 5.10 Å². The van der Waals surface area contributed by atoms with Gasteiger partial charge in [-0.1, -0.05) is 0 Å². The van der Waals surface area contributed by atoms with Gasteiger partial charge >= 0.3 is 0 Å². The van der Waals surface area contributed by atoms with E-state index in [1.54, 1.807) is 7.11 Å². The predicted molar refractivity (Wildman–Crippen MR) is 105 cm³/mol. The predicted octanol–water partition coefficient (Wildman–Crippen LogP) is 1.17. The minimum atomic E-state index is 0.131. The Hall–Kier alpha value is -1.44. The van der Waals surface area contributed by atoms with Gasteiger partial charge in [-0.15, -0.1) is 0 Å². The highest BCUT2D eigenvalue weighted by molar-refractivity contribution is 5.78. The van der Waals surface area contributed by atoms with Gasteiger partial charge in [0, 0.05) is 51.6 Å². The lowest BCUT2D eigenvalue weighted by atomic mass is 9.93. The molecule has 1 aromatic rings. The number of hydrogen-bond acceptors (Lipinski definition) is 5. The van der Waals surface area contributed by atoms with Crippen molar-refractivity contribution >= 4 is 5.91 Å². The molecule has 0 aliphatic carbocycles. The number of aryl methyl sites for hydroxylation is 2. The maximum absolute atomic E-state index is 12.4. The minimum absolute atomic E-state index is 0.131. The van der Waals surface area contributed by atoms with Crippen LogP contribution in [-0.2, 0) is 23.1 Å². The van der Waals surface area contributed by atoms with Crippen LogP contribution in [0.15, 0.2) is 6.20 Å². The van der Waals surface area contributed by atoms with E-state index in [4.69, 9.17) is 4.74 Å². The number of aromatic nitrogens is 2. The van der Waals surface area contributed by atoms with Crippen molar-refractivity contribution in [3.63, 3.8) is 0 Å². The number of piperidine rings is 2. The Labute approximate surface area is 163 Å². The standard InChI is InChI=1S/C20H35N5O2/c1-16-18(13-23(2)22-16)14-24-10-6-19(7-11-24)25-9-4-5-17(15-25)20(26)21-8-12-27-3/h13,17,19H,4-12,14-15H2,1-3H3,(H,21,26)/t17-/m0/s1. The lowest BCUT2D eigenvalue weighted by Gasteiger charge is -2.42. The number of hydrogen-bond donors (Lipinski definition) is 1. The number of rotatable bonds is 7. The zero-order valence-corrected chi connectivity index (χ0v) is 17.1. The van der Waals surface area contributed by atoms with Gasteiger partial charge in [0.1, 0.15) is 0 Å². The van der Waals surface area contributed by atoms with Gasteiger partial charge in [0.05, 0.1) is 18.2 Å². The molecular weight excluding hydrogens is 342 g/mol. The van der Waals surface area contributed by atoms with E-state index in [0.29, 0.717) is 19.2 Å². The van der Waals surface area contributed by atoms with Crippen molar-refractivity contribution in [2.45, 2.75) is 45.2 Å². The molecule has 27 heavy (non-hydrogen) atoms. The molecular formula is C20H35N5O2. The highest BCUT2D eigenvalue weighted by Gasteiger charge is 2.31. The van der Waals surface area contributed by atoms with Gasteiger partial charge in [0.2, 0.25) is 5.91 Å². The average Bonchev–Trinajstić information content (AvgIpc) is 2.99. The first-order valence-corrected chi connectivity index (χ1v) is 10.3. The first kappa shape index (κ1) is 20.3. The van der Waals surface area contributed by atoms with E-state index in [0.717, 1.165) is 51.3 Å². The molecule has 2 aliphatic rings. The van der Waals surface area contributed by atoms with Crippen molar-refractivity contribution in [1.29, 1.82) is 0 Å². The second-order valence-electron chi connectivity index (χ2n) is 8.04. The number of nitrogens with zero attached hydrogens (tertiary/aromatic N) is 4. The Morgan fingerprint density at radius 3 is 2.74 bits per heavy atom. The molecule has 0 aromatic carbocycles. The normalized spacial score (nSPS) is 22.9. The lowest BCUT2D eigenvalue weighted by molar-refractivity contribution is -0.127. The van der Waals surface area contributed by atoms with E-state index in [-0.39, 0.29) is 11.8 Å². The summed E-state index contributed by atoms with van der Waals surface area (Å²) in [7, 11) is 3.65. The SMILES string of the molecule is COCCNC(=O)[C@H]1CCCN(C2CCN(Cc3cn(C)nc3C)CC2)C1. The van der Waals surface area contributed by atoms with E-state index >= 15 is 0 Å². The molecule has 1 atom stereocenters. The van der Waals surface area contributed by atoms with Gasteiger partial charge in [0.25, 0.3) is 0 Å². The van der Waals surface area contributed by atoms with Crippen LogP contribution < -0.4 is 5.32 Å². The maximum atomic E-state index is 12.4. The van der Waals surface area contributed by atoms with Crippen molar-refractivity contribution in [3.05, 3.63) is 17.5 Å². The summed E-state index contributed by atoms with van der Waals surface area (Å²) in [5, 5.41) is 7.46.